The highest BCUT2D eigenvalue weighted by molar-refractivity contribution is 9.10. The third-order valence-corrected chi connectivity index (χ3v) is 5.52. The molecule has 2 N–H and O–H groups in total. The number of aryl methyl sites for hydroxylation is 1. The van der Waals surface area contributed by atoms with Crippen LogP contribution in [-0.2, 0) is 9.59 Å². The van der Waals surface area contributed by atoms with Crippen LogP contribution < -0.4 is 20.3 Å². The van der Waals surface area contributed by atoms with Gasteiger partial charge in [-0.3, -0.25) is 20.4 Å². The maximum Gasteiger partial charge on any atom is 0.276 e. The first kappa shape index (κ1) is 23.2. The van der Waals surface area contributed by atoms with E-state index in [0.29, 0.717) is 17.4 Å². The Labute approximate surface area is 187 Å². The van der Waals surface area contributed by atoms with Gasteiger partial charge in [-0.15, -0.1) is 0 Å². The molecule has 0 aliphatic carbocycles. The van der Waals surface area contributed by atoms with Gasteiger partial charge < -0.3 is 9.47 Å². The third-order valence-electron chi connectivity index (χ3n) is 4.28. The van der Waals surface area contributed by atoms with Gasteiger partial charge in [-0.25, -0.2) is 0 Å². The van der Waals surface area contributed by atoms with Crippen molar-refractivity contribution >= 4 is 43.7 Å². The average Bonchev–Trinajstić information content (AvgIpc) is 2.70. The predicted molar refractivity (Wildman–Crippen MR) is 119 cm³/mol. The van der Waals surface area contributed by atoms with Gasteiger partial charge in [-0.05, 0) is 86.5 Å². The van der Waals surface area contributed by atoms with Crippen molar-refractivity contribution in [1.29, 1.82) is 0 Å². The lowest BCUT2D eigenvalue weighted by Gasteiger charge is -2.13. The maximum atomic E-state index is 11.9. The number of carbonyl (C=O) groups excluding carboxylic acids is 2. The second kappa shape index (κ2) is 11.2. The lowest BCUT2D eigenvalue weighted by Crippen LogP contribution is -2.45. The normalized spacial score (nSPS) is 11.5. The SMILES string of the molecule is CCC(C)c1ccc(OCC(=O)NNC(=O)COc2ccc(C)cc2Br)c(Br)c1. The minimum atomic E-state index is -0.482. The fourth-order valence-electron chi connectivity index (χ4n) is 2.40. The Kier molecular flexibility index (Phi) is 8.98. The van der Waals surface area contributed by atoms with Crippen molar-refractivity contribution < 1.29 is 19.1 Å². The molecule has 0 saturated heterocycles. The highest BCUT2D eigenvalue weighted by Gasteiger charge is 2.11. The van der Waals surface area contributed by atoms with Crippen molar-refractivity contribution in [3.05, 3.63) is 56.5 Å². The molecule has 2 rings (SSSR count). The number of amides is 2. The molecule has 0 aromatic heterocycles. The zero-order valence-corrected chi connectivity index (χ0v) is 19.7. The average molecular weight is 528 g/mol. The third kappa shape index (κ3) is 7.36. The van der Waals surface area contributed by atoms with Crippen LogP contribution in [0.3, 0.4) is 0 Å². The molecule has 0 bridgehead atoms. The number of hydrazine groups is 1. The van der Waals surface area contributed by atoms with Gasteiger partial charge in [0.15, 0.2) is 13.2 Å². The van der Waals surface area contributed by atoms with E-state index in [1.165, 1.54) is 5.56 Å². The highest BCUT2D eigenvalue weighted by atomic mass is 79.9. The first-order chi connectivity index (χ1) is 13.8. The van der Waals surface area contributed by atoms with Gasteiger partial charge in [0.25, 0.3) is 11.8 Å². The van der Waals surface area contributed by atoms with E-state index < -0.39 is 11.8 Å². The van der Waals surface area contributed by atoms with Crippen LogP contribution in [0.4, 0.5) is 0 Å². The van der Waals surface area contributed by atoms with Crippen LogP contribution in [0.5, 0.6) is 11.5 Å². The first-order valence-electron chi connectivity index (χ1n) is 9.19. The summed E-state index contributed by atoms with van der Waals surface area (Å²) in [7, 11) is 0. The largest absolute Gasteiger partial charge is 0.483 e. The minimum Gasteiger partial charge on any atom is -0.483 e. The molecule has 2 amide bonds. The molecule has 0 fully saturated rings. The van der Waals surface area contributed by atoms with Gasteiger partial charge in [0, 0.05) is 0 Å². The molecule has 0 spiro atoms. The number of hydrogen-bond donors (Lipinski definition) is 2. The zero-order valence-electron chi connectivity index (χ0n) is 16.6. The van der Waals surface area contributed by atoms with Crippen LogP contribution in [-0.4, -0.2) is 25.0 Å². The molecule has 2 aromatic carbocycles. The van der Waals surface area contributed by atoms with Crippen LogP contribution in [0.15, 0.2) is 45.3 Å². The first-order valence-corrected chi connectivity index (χ1v) is 10.8. The lowest BCUT2D eigenvalue weighted by atomic mass is 9.99. The van der Waals surface area contributed by atoms with Gasteiger partial charge in [0.05, 0.1) is 8.95 Å². The molecule has 29 heavy (non-hydrogen) atoms. The molecule has 1 atom stereocenters. The van der Waals surface area contributed by atoms with E-state index in [1.807, 2.05) is 37.3 Å². The van der Waals surface area contributed by atoms with E-state index >= 15 is 0 Å². The van der Waals surface area contributed by atoms with E-state index in [2.05, 4.69) is 56.6 Å². The smallest absolute Gasteiger partial charge is 0.276 e. The Morgan fingerprint density at radius 2 is 1.45 bits per heavy atom. The summed E-state index contributed by atoms with van der Waals surface area (Å²) in [6.45, 7) is 5.78. The Balaban J connectivity index is 1.74. The topological polar surface area (TPSA) is 76.7 Å². The maximum absolute atomic E-state index is 11.9. The molecular weight excluding hydrogens is 504 g/mol. The summed E-state index contributed by atoms with van der Waals surface area (Å²) in [4.78, 5) is 23.7. The fraction of sp³-hybridized carbons (Fsp3) is 0.333. The molecule has 8 heteroatoms. The number of rotatable bonds is 8. The summed E-state index contributed by atoms with van der Waals surface area (Å²) >= 11 is 6.84. The molecule has 0 saturated carbocycles. The predicted octanol–water partition coefficient (Wildman–Crippen LogP) is 4.64. The van der Waals surface area contributed by atoms with E-state index in [9.17, 15) is 9.59 Å². The van der Waals surface area contributed by atoms with Crippen molar-refractivity contribution in [3.8, 4) is 11.5 Å². The summed E-state index contributed by atoms with van der Waals surface area (Å²) in [5.74, 6) is 0.594. The van der Waals surface area contributed by atoms with Crippen molar-refractivity contribution in [2.24, 2.45) is 0 Å². The molecule has 6 nitrogen and oxygen atoms in total. The molecule has 1 unspecified atom stereocenters. The summed E-state index contributed by atoms with van der Waals surface area (Å²) in [6, 6.07) is 11.3. The van der Waals surface area contributed by atoms with Crippen molar-refractivity contribution in [2.45, 2.75) is 33.1 Å². The molecule has 0 heterocycles. The van der Waals surface area contributed by atoms with E-state index in [0.717, 1.165) is 20.9 Å². The molecule has 0 aliphatic rings. The van der Waals surface area contributed by atoms with E-state index in [4.69, 9.17) is 9.47 Å². The number of carbonyl (C=O) groups is 2. The summed E-state index contributed by atoms with van der Waals surface area (Å²) in [5.41, 5.74) is 6.87. The second-order valence-electron chi connectivity index (χ2n) is 6.61. The quantitative estimate of drug-likeness (QED) is 0.490. The van der Waals surface area contributed by atoms with E-state index in [-0.39, 0.29) is 13.2 Å². The number of benzene rings is 2. The molecule has 0 aliphatic heterocycles. The van der Waals surface area contributed by atoms with Crippen molar-refractivity contribution in [2.75, 3.05) is 13.2 Å². The number of nitrogens with one attached hydrogen (secondary N) is 2. The number of ether oxygens (including phenoxy) is 2. The Morgan fingerprint density at radius 1 is 0.931 bits per heavy atom. The Morgan fingerprint density at radius 3 is 1.93 bits per heavy atom. The van der Waals surface area contributed by atoms with Gasteiger partial charge in [-0.2, -0.15) is 0 Å². The molecule has 0 radical (unpaired) electrons. The van der Waals surface area contributed by atoms with Crippen LogP contribution in [0.25, 0.3) is 0 Å². The highest BCUT2D eigenvalue weighted by Crippen LogP contribution is 2.30. The standard InChI is InChI=1S/C21H24Br2N2O4/c1-4-14(3)15-6-8-19(17(23)10-15)29-12-21(27)25-24-20(26)11-28-18-7-5-13(2)9-16(18)22/h5-10,14H,4,11-12H2,1-3H3,(H,24,26)(H,25,27). The Hall–Kier alpha value is -2.06. The van der Waals surface area contributed by atoms with E-state index in [1.54, 1.807) is 6.07 Å². The summed E-state index contributed by atoms with van der Waals surface area (Å²) in [6.07, 6.45) is 1.04. The van der Waals surface area contributed by atoms with Crippen LogP contribution in [0.1, 0.15) is 37.3 Å². The summed E-state index contributed by atoms with van der Waals surface area (Å²) in [5, 5.41) is 0. The van der Waals surface area contributed by atoms with Crippen LogP contribution in [0.2, 0.25) is 0 Å². The monoisotopic (exact) mass is 526 g/mol. The molecule has 156 valence electrons. The van der Waals surface area contributed by atoms with Crippen LogP contribution in [0, 0.1) is 6.92 Å². The fourth-order valence-corrected chi connectivity index (χ4v) is 3.52. The van der Waals surface area contributed by atoms with Crippen molar-refractivity contribution in [3.63, 3.8) is 0 Å². The van der Waals surface area contributed by atoms with Gasteiger partial charge in [0.2, 0.25) is 0 Å². The Bertz CT molecular complexity index is 874. The summed E-state index contributed by atoms with van der Waals surface area (Å²) < 4.78 is 12.5. The lowest BCUT2D eigenvalue weighted by molar-refractivity contribution is -0.131. The molecular formula is C21H24Br2N2O4. The van der Waals surface area contributed by atoms with Gasteiger partial charge in [0.1, 0.15) is 11.5 Å². The second-order valence-corrected chi connectivity index (χ2v) is 8.32. The minimum absolute atomic E-state index is 0.230. The van der Waals surface area contributed by atoms with Crippen molar-refractivity contribution in [1.82, 2.24) is 10.9 Å². The number of hydrogen-bond acceptors (Lipinski definition) is 4. The van der Waals surface area contributed by atoms with Gasteiger partial charge >= 0.3 is 0 Å². The van der Waals surface area contributed by atoms with Crippen LogP contribution >= 0.6 is 31.9 Å². The number of halogens is 2. The molecule has 2 aromatic rings. The zero-order chi connectivity index (χ0) is 21.4. The van der Waals surface area contributed by atoms with Gasteiger partial charge in [-0.1, -0.05) is 26.0 Å².